The topological polar surface area (TPSA) is 90.0 Å². The number of hydrogen-bond donors (Lipinski definition) is 2. The fourth-order valence-electron chi connectivity index (χ4n) is 4.25. The number of furan rings is 1. The summed E-state index contributed by atoms with van der Waals surface area (Å²) in [6, 6.07) is 15.6. The molecule has 9 heteroatoms. The second-order valence-corrected chi connectivity index (χ2v) is 9.32. The van der Waals surface area contributed by atoms with Gasteiger partial charge in [-0.2, -0.15) is 0 Å². The van der Waals surface area contributed by atoms with Crippen LogP contribution in [0.4, 0.5) is 0 Å². The van der Waals surface area contributed by atoms with Crippen molar-refractivity contribution in [1.29, 1.82) is 0 Å². The Hall–Kier alpha value is -2.06. The number of guanidine groups is 1. The van der Waals surface area contributed by atoms with Gasteiger partial charge in [-0.3, -0.25) is 0 Å². The minimum Gasteiger partial charge on any atom is -0.496 e. The van der Waals surface area contributed by atoms with Crippen LogP contribution in [0.3, 0.4) is 0 Å². The van der Waals surface area contributed by atoms with Gasteiger partial charge >= 0.3 is 0 Å². The van der Waals surface area contributed by atoms with Crippen molar-refractivity contribution in [1.82, 2.24) is 4.90 Å². The Morgan fingerprint density at radius 2 is 1.85 bits per heavy atom. The molecule has 0 spiro atoms. The summed E-state index contributed by atoms with van der Waals surface area (Å²) in [5, 5.41) is 1.01. The SMILES string of the molecule is COc1ccc(SCCCN2CCCCC2)cc1C(N=C(N)N)c1cc2ccccc2o1.Cl.Cl. The fourth-order valence-corrected chi connectivity index (χ4v) is 5.13. The van der Waals surface area contributed by atoms with Crippen LogP contribution in [-0.2, 0) is 0 Å². The molecule has 2 heterocycles. The molecule has 34 heavy (non-hydrogen) atoms. The molecule has 1 aliphatic heterocycles. The number of benzene rings is 2. The number of ether oxygens (including phenoxy) is 1. The molecule has 1 atom stereocenters. The van der Waals surface area contributed by atoms with E-state index in [2.05, 4.69) is 22.0 Å². The van der Waals surface area contributed by atoms with Crippen molar-refractivity contribution in [2.75, 3.05) is 32.5 Å². The number of piperidine rings is 1. The van der Waals surface area contributed by atoms with Gasteiger partial charge in [-0.1, -0.05) is 24.6 Å². The fraction of sp³-hybridized carbons (Fsp3) is 0.400. The van der Waals surface area contributed by atoms with E-state index in [0.717, 1.165) is 28.0 Å². The van der Waals surface area contributed by atoms with Crippen molar-refractivity contribution in [2.24, 2.45) is 16.5 Å². The molecule has 186 valence electrons. The number of aliphatic imine (C=N–C) groups is 1. The Kier molecular flexibility index (Phi) is 11.4. The highest BCUT2D eigenvalue weighted by Crippen LogP contribution is 2.38. The normalized spacial score (nSPS) is 14.6. The van der Waals surface area contributed by atoms with Crippen LogP contribution in [0, 0.1) is 0 Å². The van der Waals surface area contributed by atoms with E-state index in [1.165, 1.54) is 50.2 Å². The zero-order chi connectivity index (χ0) is 22.3. The Morgan fingerprint density at radius 1 is 1.09 bits per heavy atom. The zero-order valence-corrected chi connectivity index (χ0v) is 21.9. The van der Waals surface area contributed by atoms with E-state index in [1.807, 2.05) is 48.2 Å². The van der Waals surface area contributed by atoms with Gasteiger partial charge in [0.15, 0.2) is 5.96 Å². The summed E-state index contributed by atoms with van der Waals surface area (Å²) in [6.07, 6.45) is 5.22. The first-order valence-electron chi connectivity index (χ1n) is 11.2. The van der Waals surface area contributed by atoms with Crippen molar-refractivity contribution in [2.45, 2.75) is 36.6 Å². The predicted molar refractivity (Wildman–Crippen MR) is 147 cm³/mol. The maximum absolute atomic E-state index is 6.10. The highest BCUT2D eigenvalue weighted by molar-refractivity contribution is 7.99. The van der Waals surface area contributed by atoms with Crippen molar-refractivity contribution in [3.8, 4) is 5.75 Å². The van der Waals surface area contributed by atoms with Gasteiger partial charge in [-0.05, 0) is 75.0 Å². The number of hydrogen-bond acceptors (Lipinski definition) is 5. The molecule has 1 aliphatic rings. The third kappa shape index (κ3) is 7.22. The van der Waals surface area contributed by atoms with E-state index in [9.17, 15) is 0 Å². The van der Waals surface area contributed by atoms with Gasteiger partial charge in [0.05, 0.1) is 7.11 Å². The number of para-hydroxylation sites is 1. The van der Waals surface area contributed by atoms with Gasteiger partial charge in [-0.25, -0.2) is 4.99 Å². The van der Waals surface area contributed by atoms with Crippen LogP contribution in [0.5, 0.6) is 5.75 Å². The van der Waals surface area contributed by atoms with Crippen LogP contribution in [0.15, 0.2) is 62.8 Å². The van der Waals surface area contributed by atoms with E-state index in [1.54, 1.807) is 7.11 Å². The van der Waals surface area contributed by atoms with Crippen LogP contribution in [-0.4, -0.2) is 43.4 Å². The Labute approximate surface area is 218 Å². The van der Waals surface area contributed by atoms with Gasteiger partial charge in [0.2, 0.25) is 0 Å². The Bertz CT molecular complexity index is 1030. The summed E-state index contributed by atoms with van der Waals surface area (Å²) in [7, 11) is 1.66. The molecule has 0 bridgehead atoms. The molecule has 1 aromatic heterocycles. The van der Waals surface area contributed by atoms with Crippen molar-refractivity contribution in [3.05, 3.63) is 59.9 Å². The van der Waals surface area contributed by atoms with Crippen molar-refractivity contribution in [3.63, 3.8) is 0 Å². The van der Waals surface area contributed by atoms with E-state index in [-0.39, 0.29) is 30.8 Å². The number of methoxy groups -OCH3 is 1. The highest BCUT2D eigenvalue weighted by Gasteiger charge is 2.23. The van der Waals surface area contributed by atoms with E-state index >= 15 is 0 Å². The second kappa shape index (κ2) is 13.7. The Morgan fingerprint density at radius 3 is 2.56 bits per heavy atom. The van der Waals surface area contributed by atoms with Gasteiger partial charge in [0, 0.05) is 15.8 Å². The molecule has 4 N–H and O–H groups in total. The van der Waals surface area contributed by atoms with E-state index in [0.29, 0.717) is 5.76 Å². The summed E-state index contributed by atoms with van der Waals surface area (Å²) >= 11 is 1.86. The summed E-state index contributed by atoms with van der Waals surface area (Å²) < 4.78 is 11.8. The van der Waals surface area contributed by atoms with Crippen LogP contribution in [0.2, 0.25) is 0 Å². The largest absolute Gasteiger partial charge is 0.496 e. The number of thioether (sulfide) groups is 1. The molecular formula is C25H34Cl2N4O2S. The molecule has 1 unspecified atom stereocenters. The predicted octanol–water partition coefficient (Wildman–Crippen LogP) is 5.62. The van der Waals surface area contributed by atoms with Gasteiger partial charge in [0.25, 0.3) is 0 Å². The van der Waals surface area contributed by atoms with E-state index in [4.69, 9.17) is 20.6 Å². The standard InChI is InChI=1S/C25H32N4O2S.2ClH/c1-30-22-11-10-19(32-15-7-14-29-12-5-2-6-13-29)17-20(22)24(28-25(26)27)23-16-18-8-3-4-9-21(18)31-23;;/h3-4,8-11,16-17,24H,2,5-7,12-15H2,1H3,(H4,26,27,28);2*1H. The highest BCUT2D eigenvalue weighted by atomic mass is 35.5. The first-order chi connectivity index (χ1) is 15.6. The average molecular weight is 526 g/mol. The van der Waals surface area contributed by atoms with Gasteiger partial charge in [0.1, 0.15) is 23.1 Å². The van der Waals surface area contributed by atoms with Crippen LogP contribution >= 0.6 is 36.6 Å². The summed E-state index contributed by atoms with van der Waals surface area (Å²) in [6.45, 7) is 3.66. The molecule has 0 aliphatic carbocycles. The number of likely N-dealkylation sites (tertiary alicyclic amines) is 1. The summed E-state index contributed by atoms with van der Waals surface area (Å²) in [5.41, 5.74) is 13.3. The molecule has 3 aromatic rings. The lowest BCUT2D eigenvalue weighted by atomic mass is 10.0. The van der Waals surface area contributed by atoms with Gasteiger partial charge < -0.3 is 25.5 Å². The molecule has 0 saturated carbocycles. The van der Waals surface area contributed by atoms with Crippen molar-refractivity contribution < 1.29 is 9.15 Å². The van der Waals surface area contributed by atoms with Crippen LogP contribution in [0.25, 0.3) is 11.0 Å². The molecule has 2 aromatic carbocycles. The lowest BCUT2D eigenvalue weighted by Gasteiger charge is -2.26. The summed E-state index contributed by atoms with van der Waals surface area (Å²) in [5.74, 6) is 2.50. The first kappa shape index (κ1) is 28.2. The number of nitrogens with two attached hydrogens (primary N) is 2. The number of halogens is 2. The minimum absolute atomic E-state index is 0. The first-order valence-corrected chi connectivity index (χ1v) is 12.2. The van der Waals surface area contributed by atoms with Gasteiger partial charge in [-0.15, -0.1) is 36.6 Å². The third-order valence-corrected chi connectivity index (χ3v) is 6.90. The Balaban J connectivity index is 0.00000204. The van der Waals surface area contributed by atoms with E-state index < -0.39 is 6.04 Å². The van der Waals surface area contributed by atoms with Crippen molar-refractivity contribution >= 4 is 53.5 Å². The quantitative estimate of drug-likeness (QED) is 0.163. The summed E-state index contributed by atoms with van der Waals surface area (Å²) in [4.78, 5) is 8.26. The second-order valence-electron chi connectivity index (χ2n) is 8.15. The number of rotatable bonds is 9. The molecule has 1 fully saturated rings. The maximum atomic E-state index is 6.10. The molecule has 0 radical (unpaired) electrons. The molecule has 1 saturated heterocycles. The molecule has 0 amide bonds. The molecule has 4 rings (SSSR count). The zero-order valence-electron chi connectivity index (χ0n) is 19.4. The maximum Gasteiger partial charge on any atom is 0.186 e. The number of fused-ring (bicyclic) bond motifs is 1. The third-order valence-electron chi connectivity index (χ3n) is 5.82. The smallest absolute Gasteiger partial charge is 0.186 e. The lowest BCUT2D eigenvalue weighted by Crippen LogP contribution is -2.30. The minimum atomic E-state index is -0.476. The average Bonchev–Trinajstić information content (AvgIpc) is 3.25. The number of nitrogens with zero attached hydrogens (tertiary/aromatic N) is 2. The monoisotopic (exact) mass is 524 g/mol. The van der Waals surface area contributed by atoms with Crippen LogP contribution in [0.1, 0.15) is 43.0 Å². The van der Waals surface area contributed by atoms with Crippen LogP contribution < -0.4 is 16.2 Å². The molecular weight excluding hydrogens is 491 g/mol. The molecule has 6 nitrogen and oxygen atoms in total. The lowest BCUT2D eigenvalue weighted by molar-refractivity contribution is 0.230.